The number of amides is 1. The van der Waals surface area contributed by atoms with Crippen LogP contribution in [-0.2, 0) is 15.3 Å². The molecular formula is C34H33Cl2N3O6S2. The van der Waals surface area contributed by atoms with Gasteiger partial charge in [-0.2, -0.15) is 0 Å². The van der Waals surface area contributed by atoms with E-state index in [0.29, 0.717) is 61.7 Å². The Hall–Kier alpha value is -3.77. The number of hydrogen-bond donors (Lipinski definition) is 1. The molecule has 9 nitrogen and oxygen atoms in total. The van der Waals surface area contributed by atoms with E-state index in [1.807, 2.05) is 13.0 Å². The maximum atomic E-state index is 13.7. The normalized spacial score (nSPS) is 15.7. The van der Waals surface area contributed by atoms with Crippen molar-refractivity contribution in [3.63, 3.8) is 0 Å². The molecule has 1 aliphatic rings. The Morgan fingerprint density at radius 3 is 2.47 bits per heavy atom. The number of hydrogen-bond acceptors (Lipinski definition) is 10. The summed E-state index contributed by atoms with van der Waals surface area (Å²) in [5, 5.41) is 21.4. The summed E-state index contributed by atoms with van der Waals surface area (Å²) in [7, 11) is 1.53. The number of halogens is 2. The van der Waals surface area contributed by atoms with Crippen LogP contribution < -0.4 is 19.1 Å². The van der Waals surface area contributed by atoms with Crippen molar-refractivity contribution in [2.24, 2.45) is 0 Å². The standard InChI is InChI=1S/C34H33Cl2N3O6S2/c1-4-6-7-16-45-26-15-11-21(17-27(26)44-5-2)29-28(30(40)20-9-13-24(43-3)14-10-20)31(41)32(42)39(29)33-37-38-34(47-33)46-19-22-8-12-23(35)18-25(22)36/h8-15,17-18,29,40H,4-7,16,19H2,1-3H3/b30-28+. The molecule has 1 unspecified atom stereocenters. The number of rotatable bonds is 14. The van der Waals surface area contributed by atoms with E-state index in [9.17, 15) is 14.7 Å². The molecule has 0 aliphatic carbocycles. The molecule has 2 heterocycles. The minimum absolute atomic E-state index is 0.0865. The van der Waals surface area contributed by atoms with Gasteiger partial charge in [0, 0.05) is 21.4 Å². The third-order valence-corrected chi connectivity index (χ3v) is 10.1. The molecule has 0 bridgehead atoms. The monoisotopic (exact) mass is 713 g/mol. The lowest BCUT2D eigenvalue weighted by molar-refractivity contribution is -0.132. The molecule has 1 amide bonds. The molecule has 0 spiro atoms. The lowest BCUT2D eigenvalue weighted by Gasteiger charge is -2.23. The Balaban J connectivity index is 1.55. The van der Waals surface area contributed by atoms with E-state index in [1.165, 1.54) is 23.8 Å². The molecule has 1 aromatic heterocycles. The second kappa shape index (κ2) is 15.9. The molecule has 1 N–H and O–H groups in total. The zero-order valence-electron chi connectivity index (χ0n) is 26.0. The SMILES string of the molecule is CCCCCOc1ccc(C2/C(=C(\O)c3ccc(OC)cc3)C(=O)C(=O)N2c2nnc(SCc3ccc(Cl)cc3Cl)s2)cc1OCC. The number of aliphatic hydroxyl groups is 1. The van der Waals surface area contributed by atoms with Crippen molar-refractivity contribution >= 4 is 68.9 Å². The van der Waals surface area contributed by atoms with E-state index in [2.05, 4.69) is 17.1 Å². The lowest BCUT2D eigenvalue weighted by atomic mass is 9.95. The van der Waals surface area contributed by atoms with Crippen LogP contribution >= 0.6 is 46.3 Å². The van der Waals surface area contributed by atoms with Gasteiger partial charge in [0.25, 0.3) is 5.78 Å². The summed E-state index contributed by atoms with van der Waals surface area (Å²) in [6, 6.07) is 16.1. The molecule has 3 aromatic carbocycles. The van der Waals surface area contributed by atoms with Crippen LogP contribution in [0.4, 0.5) is 5.13 Å². The topological polar surface area (TPSA) is 111 Å². The molecule has 246 valence electrons. The number of ether oxygens (including phenoxy) is 3. The van der Waals surface area contributed by atoms with Crippen molar-refractivity contribution in [3.8, 4) is 17.2 Å². The molecular weight excluding hydrogens is 681 g/mol. The van der Waals surface area contributed by atoms with E-state index in [4.69, 9.17) is 37.4 Å². The number of nitrogens with zero attached hydrogens (tertiary/aromatic N) is 3. The van der Waals surface area contributed by atoms with E-state index < -0.39 is 17.7 Å². The average molecular weight is 715 g/mol. The molecule has 4 aromatic rings. The highest BCUT2D eigenvalue weighted by molar-refractivity contribution is 8.00. The summed E-state index contributed by atoms with van der Waals surface area (Å²) in [5.74, 6) is 0.0667. The number of thioether (sulfide) groups is 1. The van der Waals surface area contributed by atoms with E-state index >= 15 is 0 Å². The number of ketones is 1. The molecule has 13 heteroatoms. The molecule has 0 radical (unpaired) electrons. The average Bonchev–Trinajstić information content (AvgIpc) is 3.64. The van der Waals surface area contributed by atoms with Crippen LogP contribution in [0.25, 0.3) is 5.76 Å². The first kappa shape index (κ1) is 34.6. The minimum atomic E-state index is -1.03. The van der Waals surface area contributed by atoms with Gasteiger partial charge in [-0.15, -0.1) is 10.2 Å². The van der Waals surface area contributed by atoms with Crippen molar-refractivity contribution in [2.75, 3.05) is 25.2 Å². The fourth-order valence-corrected chi connectivity index (χ4v) is 7.43. The summed E-state index contributed by atoms with van der Waals surface area (Å²) in [5.41, 5.74) is 1.65. The highest BCUT2D eigenvalue weighted by Gasteiger charge is 2.48. The van der Waals surface area contributed by atoms with E-state index in [0.717, 1.165) is 36.2 Å². The van der Waals surface area contributed by atoms with Crippen molar-refractivity contribution in [3.05, 3.63) is 93.0 Å². The minimum Gasteiger partial charge on any atom is -0.507 e. The predicted molar refractivity (Wildman–Crippen MR) is 186 cm³/mol. The fourth-order valence-electron chi connectivity index (χ4n) is 5.00. The zero-order chi connectivity index (χ0) is 33.5. The number of aromatic nitrogens is 2. The summed E-state index contributed by atoms with van der Waals surface area (Å²) in [6.07, 6.45) is 3.00. The quantitative estimate of drug-likeness (QED) is 0.0342. The van der Waals surface area contributed by atoms with Crippen LogP contribution in [0.1, 0.15) is 55.8 Å². The van der Waals surface area contributed by atoms with Gasteiger partial charge in [-0.3, -0.25) is 14.5 Å². The molecule has 0 saturated carbocycles. The third-order valence-electron chi connectivity index (χ3n) is 7.36. The molecule has 1 aliphatic heterocycles. The van der Waals surface area contributed by atoms with Gasteiger partial charge >= 0.3 is 5.91 Å². The Kier molecular flexibility index (Phi) is 11.7. The smallest absolute Gasteiger partial charge is 0.301 e. The Bertz CT molecular complexity index is 1780. The number of unbranched alkanes of at least 4 members (excludes halogenated alkanes) is 2. The first-order valence-electron chi connectivity index (χ1n) is 15.0. The highest BCUT2D eigenvalue weighted by atomic mass is 35.5. The Labute approximate surface area is 291 Å². The van der Waals surface area contributed by atoms with Crippen LogP contribution in [0.5, 0.6) is 17.2 Å². The van der Waals surface area contributed by atoms with Crippen LogP contribution in [0, 0.1) is 0 Å². The van der Waals surface area contributed by atoms with Gasteiger partial charge in [-0.25, -0.2) is 0 Å². The molecule has 1 atom stereocenters. The van der Waals surface area contributed by atoms with Gasteiger partial charge in [-0.05, 0) is 73.0 Å². The Morgan fingerprint density at radius 1 is 0.979 bits per heavy atom. The number of Topliss-reactive ketones (excluding diaryl/α,β-unsaturated/α-hetero) is 1. The second-order valence-corrected chi connectivity index (χ2v) is 13.5. The van der Waals surface area contributed by atoms with Gasteiger partial charge in [-0.1, -0.05) is 78.2 Å². The summed E-state index contributed by atoms with van der Waals surface area (Å²) < 4.78 is 17.8. The molecule has 1 fully saturated rings. The van der Waals surface area contributed by atoms with Gasteiger partial charge < -0.3 is 19.3 Å². The van der Waals surface area contributed by atoms with E-state index in [-0.39, 0.29) is 16.5 Å². The van der Waals surface area contributed by atoms with E-state index in [1.54, 1.807) is 54.6 Å². The molecule has 1 saturated heterocycles. The van der Waals surface area contributed by atoms with Gasteiger partial charge in [0.05, 0.1) is 31.9 Å². The summed E-state index contributed by atoms with van der Waals surface area (Å²) in [6.45, 7) is 4.88. The largest absolute Gasteiger partial charge is 0.507 e. The number of anilines is 1. The summed E-state index contributed by atoms with van der Waals surface area (Å²) >= 11 is 14.9. The van der Waals surface area contributed by atoms with Crippen molar-refractivity contribution in [1.29, 1.82) is 0 Å². The Morgan fingerprint density at radius 2 is 1.77 bits per heavy atom. The molecule has 47 heavy (non-hydrogen) atoms. The first-order valence-corrected chi connectivity index (χ1v) is 17.6. The number of carbonyl (C=O) groups is 2. The number of carbonyl (C=O) groups excluding carboxylic acids is 2. The fraction of sp³-hybridized carbons (Fsp3) is 0.294. The van der Waals surface area contributed by atoms with Crippen LogP contribution in [-0.4, -0.2) is 47.3 Å². The maximum Gasteiger partial charge on any atom is 0.301 e. The van der Waals surface area contributed by atoms with Gasteiger partial charge in [0.15, 0.2) is 15.8 Å². The predicted octanol–water partition coefficient (Wildman–Crippen LogP) is 8.74. The van der Waals surface area contributed by atoms with Crippen LogP contribution in [0.2, 0.25) is 10.0 Å². The zero-order valence-corrected chi connectivity index (χ0v) is 29.1. The van der Waals surface area contributed by atoms with Gasteiger partial charge in [0.2, 0.25) is 5.13 Å². The van der Waals surface area contributed by atoms with Crippen molar-refractivity contribution < 1.29 is 28.9 Å². The first-order chi connectivity index (χ1) is 22.7. The maximum absolute atomic E-state index is 13.7. The molecule has 5 rings (SSSR count). The van der Waals surface area contributed by atoms with Crippen molar-refractivity contribution in [2.45, 2.75) is 49.2 Å². The second-order valence-electron chi connectivity index (χ2n) is 10.5. The number of benzene rings is 3. The number of methoxy groups -OCH3 is 1. The van der Waals surface area contributed by atoms with Crippen molar-refractivity contribution in [1.82, 2.24) is 10.2 Å². The summed E-state index contributed by atoms with van der Waals surface area (Å²) in [4.78, 5) is 28.7. The lowest BCUT2D eigenvalue weighted by Crippen LogP contribution is -2.29. The van der Waals surface area contributed by atoms with Gasteiger partial charge in [0.1, 0.15) is 11.5 Å². The highest BCUT2D eigenvalue weighted by Crippen LogP contribution is 2.46. The van der Waals surface area contributed by atoms with Crippen LogP contribution in [0.15, 0.2) is 70.6 Å². The number of aliphatic hydroxyl groups excluding tert-OH is 1. The third kappa shape index (κ3) is 7.86. The van der Waals surface area contributed by atoms with Crippen LogP contribution in [0.3, 0.4) is 0 Å².